The number of benzene rings is 1. The van der Waals surface area contributed by atoms with Gasteiger partial charge in [0.05, 0.1) is 12.3 Å². The first kappa shape index (κ1) is 15.6. The molecule has 1 aliphatic rings. The molecule has 0 aromatic heterocycles. The summed E-state index contributed by atoms with van der Waals surface area (Å²) >= 11 is 0. The van der Waals surface area contributed by atoms with Gasteiger partial charge in [-0.05, 0) is 19.1 Å². The molecule has 5 heteroatoms. The molecule has 0 bridgehead atoms. The topological polar surface area (TPSA) is 58.8 Å². The number of nitrogens with zero attached hydrogens (tertiary/aromatic N) is 2. The lowest BCUT2D eigenvalue weighted by molar-refractivity contribution is -0.134. The van der Waals surface area contributed by atoms with E-state index in [0.29, 0.717) is 13.2 Å². The second kappa shape index (κ2) is 7.31. The molecular weight excluding hydrogens is 266 g/mol. The van der Waals surface area contributed by atoms with Crippen LogP contribution in [-0.4, -0.2) is 50.1 Å². The molecule has 1 aromatic rings. The number of ether oxygens (including phenoxy) is 1. The van der Waals surface area contributed by atoms with E-state index in [1.54, 1.807) is 0 Å². The van der Waals surface area contributed by atoms with Gasteiger partial charge in [-0.1, -0.05) is 19.1 Å². The number of amides is 1. The maximum Gasteiger partial charge on any atom is 0.226 e. The zero-order valence-electron chi connectivity index (χ0n) is 12.9. The molecule has 21 heavy (non-hydrogen) atoms. The van der Waals surface area contributed by atoms with E-state index in [-0.39, 0.29) is 11.8 Å². The summed E-state index contributed by atoms with van der Waals surface area (Å²) in [6, 6.07) is 8.07. The molecule has 1 aliphatic heterocycles. The molecule has 0 radical (unpaired) electrons. The summed E-state index contributed by atoms with van der Waals surface area (Å²) in [6.07, 6.45) is 0. The number of hydrogen-bond acceptors (Lipinski definition) is 4. The van der Waals surface area contributed by atoms with Gasteiger partial charge in [0, 0.05) is 38.6 Å². The van der Waals surface area contributed by atoms with Crippen LogP contribution in [0, 0.1) is 5.92 Å². The van der Waals surface area contributed by atoms with Crippen molar-refractivity contribution in [2.75, 3.05) is 44.2 Å². The van der Waals surface area contributed by atoms with Crippen LogP contribution in [0.4, 0.5) is 5.69 Å². The van der Waals surface area contributed by atoms with Crippen molar-refractivity contribution in [1.82, 2.24) is 4.90 Å². The normalized spacial score (nSPS) is 16.7. The predicted octanol–water partition coefficient (Wildman–Crippen LogP) is 1.33. The Morgan fingerprint density at radius 1 is 1.29 bits per heavy atom. The van der Waals surface area contributed by atoms with Gasteiger partial charge < -0.3 is 20.3 Å². The van der Waals surface area contributed by atoms with Gasteiger partial charge in [0.2, 0.25) is 5.91 Å². The summed E-state index contributed by atoms with van der Waals surface area (Å²) in [6.45, 7) is 8.07. The molecule has 2 rings (SSSR count). The number of para-hydroxylation sites is 2. The van der Waals surface area contributed by atoms with Gasteiger partial charge in [-0.3, -0.25) is 4.79 Å². The van der Waals surface area contributed by atoms with Crippen molar-refractivity contribution < 1.29 is 9.53 Å². The van der Waals surface area contributed by atoms with E-state index >= 15 is 0 Å². The van der Waals surface area contributed by atoms with Crippen LogP contribution < -0.4 is 15.4 Å². The Bertz CT molecular complexity index is 470. The first-order valence-electron chi connectivity index (χ1n) is 7.63. The highest BCUT2D eigenvalue weighted by molar-refractivity contribution is 5.79. The van der Waals surface area contributed by atoms with E-state index in [0.717, 1.165) is 37.6 Å². The van der Waals surface area contributed by atoms with Crippen LogP contribution in [0.1, 0.15) is 13.8 Å². The van der Waals surface area contributed by atoms with Gasteiger partial charge >= 0.3 is 0 Å². The minimum absolute atomic E-state index is 0.0905. The van der Waals surface area contributed by atoms with Gasteiger partial charge in [-0.15, -0.1) is 0 Å². The van der Waals surface area contributed by atoms with Crippen molar-refractivity contribution in [3.8, 4) is 5.75 Å². The van der Waals surface area contributed by atoms with Gasteiger partial charge in [-0.2, -0.15) is 0 Å². The second-order valence-electron chi connectivity index (χ2n) is 5.35. The third-order valence-electron chi connectivity index (χ3n) is 3.87. The standard InChI is InChI=1S/C16H25N3O2/c1-3-21-15-7-5-4-6-14(15)18-8-10-19(11-9-18)16(20)13(2)12-17/h4-7,13H,3,8-12,17H2,1-2H3. The highest BCUT2D eigenvalue weighted by Gasteiger charge is 2.25. The molecule has 1 heterocycles. The highest BCUT2D eigenvalue weighted by atomic mass is 16.5. The summed E-state index contributed by atoms with van der Waals surface area (Å²) < 4.78 is 5.68. The Morgan fingerprint density at radius 3 is 2.57 bits per heavy atom. The Balaban J connectivity index is 1.99. The number of piperazine rings is 1. The average Bonchev–Trinajstić information content (AvgIpc) is 2.54. The lowest BCUT2D eigenvalue weighted by atomic mass is 10.1. The third-order valence-corrected chi connectivity index (χ3v) is 3.87. The zero-order valence-corrected chi connectivity index (χ0v) is 12.9. The molecule has 1 aromatic carbocycles. The van der Waals surface area contributed by atoms with E-state index in [9.17, 15) is 4.79 Å². The van der Waals surface area contributed by atoms with Crippen molar-refractivity contribution in [1.29, 1.82) is 0 Å². The van der Waals surface area contributed by atoms with Crippen LogP contribution in [-0.2, 0) is 4.79 Å². The Labute approximate surface area is 126 Å². The van der Waals surface area contributed by atoms with Gasteiger partial charge in [0.1, 0.15) is 5.75 Å². The van der Waals surface area contributed by atoms with Crippen molar-refractivity contribution in [3.63, 3.8) is 0 Å². The molecule has 0 spiro atoms. The van der Waals surface area contributed by atoms with E-state index in [4.69, 9.17) is 10.5 Å². The first-order chi connectivity index (χ1) is 10.2. The van der Waals surface area contributed by atoms with Crippen molar-refractivity contribution >= 4 is 11.6 Å². The fraction of sp³-hybridized carbons (Fsp3) is 0.562. The lowest BCUT2D eigenvalue weighted by Gasteiger charge is -2.37. The van der Waals surface area contributed by atoms with Crippen LogP contribution in [0.3, 0.4) is 0 Å². The number of rotatable bonds is 5. The highest BCUT2D eigenvalue weighted by Crippen LogP contribution is 2.28. The van der Waals surface area contributed by atoms with Crippen LogP contribution in [0.5, 0.6) is 5.75 Å². The summed E-state index contributed by atoms with van der Waals surface area (Å²) in [5.74, 6) is 0.984. The van der Waals surface area contributed by atoms with Gasteiger partial charge in [0.15, 0.2) is 0 Å². The van der Waals surface area contributed by atoms with Gasteiger partial charge in [0.25, 0.3) is 0 Å². The fourth-order valence-corrected chi connectivity index (χ4v) is 2.58. The Hall–Kier alpha value is -1.75. The molecule has 5 nitrogen and oxygen atoms in total. The molecule has 1 saturated heterocycles. The molecular formula is C16H25N3O2. The van der Waals surface area contributed by atoms with Gasteiger partial charge in [-0.25, -0.2) is 0 Å². The Morgan fingerprint density at radius 2 is 1.95 bits per heavy atom. The molecule has 1 fully saturated rings. The quantitative estimate of drug-likeness (QED) is 0.889. The van der Waals surface area contributed by atoms with E-state index in [2.05, 4.69) is 11.0 Å². The van der Waals surface area contributed by atoms with Crippen molar-refractivity contribution in [3.05, 3.63) is 24.3 Å². The molecule has 0 aliphatic carbocycles. The third kappa shape index (κ3) is 3.67. The number of hydrogen-bond donors (Lipinski definition) is 1. The summed E-state index contributed by atoms with van der Waals surface area (Å²) in [5, 5.41) is 0. The smallest absolute Gasteiger partial charge is 0.226 e. The van der Waals surface area contributed by atoms with E-state index < -0.39 is 0 Å². The minimum Gasteiger partial charge on any atom is -0.492 e. The summed E-state index contributed by atoms with van der Waals surface area (Å²) in [7, 11) is 0. The van der Waals surface area contributed by atoms with Crippen molar-refractivity contribution in [2.24, 2.45) is 11.7 Å². The van der Waals surface area contributed by atoms with E-state index in [1.165, 1.54) is 0 Å². The SMILES string of the molecule is CCOc1ccccc1N1CCN(C(=O)C(C)CN)CC1. The van der Waals surface area contributed by atoms with Crippen LogP contribution in [0.15, 0.2) is 24.3 Å². The zero-order chi connectivity index (χ0) is 15.2. The molecule has 2 N–H and O–H groups in total. The van der Waals surface area contributed by atoms with Crippen LogP contribution >= 0.6 is 0 Å². The van der Waals surface area contributed by atoms with Crippen LogP contribution in [0.25, 0.3) is 0 Å². The molecule has 1 atom stereocenters. The predicted molar refractivity (Wildman–Crippen MR) is 84.6 cm³/mol. The fourth-order valence-electron chi connectivity index (χ4n) is 2.58. The second-order valence-corrected chi connectivity index (χ2v) is 5.35. The number of nitrogens with two attached hydrogens (primary N) is 1. The number of anilines is 1. The maximum absolute atomic E-state index is 12.1. The maximum atomic E-state index is 12.1. The van der Waals surface area contributed by atoms with Crippen LogP contribution in [0.2, 0.25) is 0 Å². The Kier molecular flexibility index (Phi) is 5.44. The molecule has 1 amide bonds. The number of carbonyl (C=O) groups is 1. The molecule has 1 unspecified atom stereocenters. The lowest BCUT2D eigenvalue weighted by Crippen LogP contribution is -2.51. The van der Waals surface area contributed by atoms with E-state index in [1.807, 2.05) is 36.9 Å². The minimum atomic E-state index is -0.0905. The largest absolute Gasteiger partial charge is 0.492 e. The summed E-state index contributed by atoms with van der Waals surface area (Å²) in [4.78, 5) is 16.3. The molecule has 0 saturated carbocycles. The number of carbonyl (C=O) groups excluding carboxylic acids is 1. The molecule has 116 valence electrons. The first-order valence-corrected chi connectivity index (χ1v) is 7.63. The monoisotopic (exact) mass is 291 g/mol. The summed E-state index contributed by atoms with van der Waals surface area (Å²) in [5.41, 5.74) is 6.69. The van der Waals surface area contributed by atoms with Crippen molar-refractivity contribution in [2.45, 2.75) is 13.8 Å². The average molecular weight is 291 g/mol.